The van der Waals surface area contributed by atoms with E-state index in [0.717, 1.165) is 38.8 Å². The van der Waals surface area contributed by atoms with Gasteiger partial charge in [-0.05, 0) is 44.7 Å². The molecule has 2 fully saturated rings. The molecule has 1 aliphatic heterocycles. The summed E-state index contributed by atoms with van der Waals surface area (Å²) in [5.74, 6) is -0.580. The number of nitrogens with one attached hydrogen (secondary N) is 3. The number of hydrogen-bond acceptors (Lipinski definition) is 3. The number of hydrogen-bond donors (Lipinski definition) is 4. The van der Waals surface area contributed by atoms with Gasteiger partial charge in [0.2, 0.25) is 0 Å². The van der Waals surface area contributed by atoms with Crippen LogP contribution in [0.5, 0.6) is 0 Å². The van der Waals surface area contributed by atoms with Crippen molar-refractivity contribution in [1.82, 2.24) is 16.0 Å². The van der Waals surface area contributed by atoms with E-state index in [2.05, 4.69) is 16.0 Å². The van der Waals surface area contributed by atoms with Crippen LogP contribution in [0.3, 0.4) is 0 Å². The summed E-state index contributed by atoms with van der Waals surface area (Å²) >= 11 is 0. The van der Waals surface area contributed by atoms with Crippen molar-refractivity contribution in [1.29, 1.82) is 0 Å². The van der Waals surface area contributed by atoms with Crippen LogP contribution in [-0.4, -0.2) is 41.8 Å². The normalized spacial score (nSPS) is 31.6. The van der Waals surface area contributed by atoms with E-state index >= 15 is 0 Å². The van der Waals surface area contributed by atoms with Gasteiger partial charge in [-0.15, -0.1) is 0 Å². The molecule has 2 amide bonds. The number of carboxylic acid groups (broad SMARTS) is 1. The molecule has 2 unspecified atom stereocenters. The standard InChI is InChI=1S/C14H25N3O3/c1-10-3-2-6-14(9-10,12(18)19)17-13(20)16-11-4-7-15-8-5-11/h10-11,15H,2-9H2,1H3,(H,18,19)(H2,16,17,20). The largest absolute Gasteiger partial charge is 0.480 e. The van der Waals surface area contributed by atoms with Crippen molar-refractivity contribution in [3.8, 4) is 0 Å². The van der Waals surface area contributed by atoms with E-state index in [1.165, 1.54) is 0 Å². The Morgan fingerprint density at radius 2 is 1.95 bits per heavy atom. The molecule has 4 N–H and O–H groups in total. The molecule has 2 aliphatic rings. The summed E-state index contributed by atoms with van der Waals surface area (Å²) in [5.41, 5.74) is -1.09. The molecular formula is C14H25N3O3. The molecule has 2 rings (SSSR count). The summed E-state index contributed by atoms with van der Waals surface area (Å²) in [5, 5.41) is 18.4. The number of carbonyl (C=O) groups is 2. The molecule has 0 bridgehead atoms. The Labute approximate surface area is 119 Å². The van der Waals surface area contributed by atoms with Crippen LogP contribution in [0.1, 0.15) is 45.4 Å². The summed E-state index contributed by atoms with van der Waals surface area (Å²) in [4.78, 5) is 23.7. The van der Waals surface area contributed by atoms with E-state index in [1.807, 2.05) is 6.92 Å². The van der Waals surface area contributed by atoms with E-state index in [9.17, 15) is 14.7 Å². The Morgan fingerprint density at radius 1 is 1.25 bits per heavy atom. The summed E-state index contributed by atoms with van der Waals surface area (Å²) in [7, 11) is 0. The number of urea groups is 1. The van der Waals surface area contributed by atoms with Crippen molar-refractivity contribution in [2.24, 2.45) is 5.92 Å². The lowest BCUT2D eigenvalue weighted by Gasteiger charge is -2.37. The van der Waals surface area contributed by atoms with Crippen molar-refractivity contribution in [3.63, 3.8) is 0 Å². The van der Waals surface area contributed by atoms with Gasteiger partial charge in [-0.2, -0.15) is 0 Å². The number of amides is 2. The van der Waals surface area contributed by atoms with Gasteiger partial charge in [0.1, 0.15) is 5.54 Å². The lowest BCUT2D eigenvalue weighted by Crippen LogP contribution is -2.60. The number of carbonyl (C=O) groups excluding carboxylic acids is 1. The van der Waals surface area contributed by atoms with Crippen molar-refractivity contribution in [2.75, 3.05) is 13.1 Å². The van der Waals surface area contributed by atoms with Gasteiger partial charge in [0.25, 0.3) is 0 Å². The van der Waals surface area contributed by atoms with E-state index in [0.29, 0.717) is 18.8 Å². The minimum atomic E-state index is -1.09. The molecule has 6 nitrogen and oxygen atoms in total. The maximum atomic E-state index is 12.1. The first-order valence-electron chi connectivity index (χ1n) is 7.55. The molecule has 1 saturated carbocycles. The zero-order valence-electron chi connectivity index (χ0n) is 12.1. The third kappa shape index (κ3) is 3.62. The number of rotatable bonds is 3. The average Bonchev–Trinajstić information content (AvgIpc) is 2.39. The number of piperidine rings is 1. The molecule has 6 heteroatoms. The van der Waals surface area contributed by atoms with Gasteiger partial charge in [0.15, 0.2) is 0 Å². The Hall–Kier alpha value is -1.30. The molecule has 114 valence electrons. The number of aliphatic carboxylic acids is 1. The van der Waals surface area contributed by atoms with E-state index in [-0.39, 0.29) is 12.1 Å². The van der Waals surface area contributed by atoms with Gasteiger partial charge in [-0.25, -0.2) is 9.59 Å². The van der Waals surface area contributed by atoms with Gasteiger partial charge in [0, 0.05) is 6.04 Å². The topological polar surface area (TPSA) is 90.5 Å². The highest BCUT2D eigenvalue weighted by Gasteiger charge is 2.43. The van der Waals surface area contributed by atoms with Crippen LogP contribution in [0.15, 0.2) is 0 Å². The zero-order chi connectivity index (χ0) is 14.6. The Balaban J connectivity index is 1.93. The lowest BCUT2D eigenvalue weighted by atomic mass is 9.76. The van der Waals surface area contributed by atoms with Crippen LogP contribution in [-0.2, 0) is 4.79 Å². The molecule has 2 atom stereocenters. The van der Waals surface area contributed by atoms with Crippen LogP contribution in [0.25, 0.3) is 0 Å². The molecule has 0 aromatic carbocycles. The van der Waals surface area contributed by atoms with Gasteiger partial charge < -0.3 is 21.1 Å². The van der Waals surface area contributed by atoms with Gasteiger partial charge in [0.05, 0.1) is 0 Å². The van der Waals surface area contributed by atoms with Crippen LogP contribution in [0.4, 0.5) is 4.79 Å². The molecule has 0 aromatic rings. The monoisotopic (exact) mass is 283 g/mol. The average molecular weight is 283 g/mol. The highest BCUT2D eigenvalue weighted by molar-refractivity contribution is 5.86. The highest BCUT2D eigenvalue weighted by Crippen LogP contribution is 2.32. The van der Waals surface area contributed by atoms with Crippen molar-refractivity contribution in [3.05, 3.63) is 0 Å². The zero-order valence-corrected chi connectivity index (χ0v) is 12.1. The van der Waals surface area contributed by atoms with Crippen LogP contribution >= 0.6 is 0 Å². The molecule has 20 heavy (non-hydrogen) atoms. The smallest absolute Gasteiger partial charge is 0.329 e. The first-order chi connectivity index (χ1) is 9.52. The molecule has 1 heterocycles. The molecule has 0 aromatic heterocycles. The van der Waals surface area contributed by atoms with Crippen molar-refractivity contribution >= 4 is 12.0 Å². The highest BCUT2D eigenvalue weighted by atomic mass is 16.4. The predicted octanol–water partition coefficient (Wildman–Crippen LogP) is 1.07. The molecule has 0 spiro atoms. The first kappa shape index (κ1) is 15.1. The fraction of sp³-hybridized carbons (Fsp3) is 0.857. The van der Waals surface area contributed by atoms with Gasteiger partial charge >= 0.3 is 12.0 Å². The fourth-order valence-electron chi connectivity index (χ4n) is 3.32. The summed E-state index contributed by atoms with van der Waals surface area (Å²) in [6.45, 7) is 3.83. The Bertz CT molecular complexity index is 369. The second kappa shape index (κ2) is 6.43. The minimum absolute atomic E-state index is 0.142. The fourth-order valence-corrected chi connectivity index (χ4v) is 3.32. The third-order valence-electron chi connectivity index (χ3n) is 4.43. The first-order valence-corrected chi connectivity index (χ1v) is 7.55. The summed E-state index contributed by atoms with van der Waals surface area (Å²) in [6.07, 6.45) is 4.70. The van der Waals surface area contributed by atoms with Gasteiger partial charge in [-0.3, -0.25) is 0 Å². The van der Waals surface area contributed by atoms with E-state index in [4.69, 9.17) is 0 Å². The SMILES string of the molecule is CC1CCCC(NC(=O)NC2CCNCC2)(C(=O)O)C1. The van der Waals surface area contributed by atoms with Crippen molar-refractivity contribution < 1.29 is 14.7 Å². The van der Waals surface area contributed by atoms with E-state index in [1.54, 1.807) is 0 Å². The Morgan fingerprint density at radius 3 is 2.55 bits per heavy atom. The molecule has 1 aliphatic carbocycles. The lowest BCUT2D eigenvalue weighted by molar-refractivity contribution is -0.146. The Kier molecular flexibility index (Phi) is 4.86. The quantitative estimate of drug-likeness (QED) is 0.623. The summed E-state index contributed by atoms with van der Waals surface area (Å²) < 4.78 is 0. The maximum Gasteiger partial charge on any atom is 0.329 e. The molecule has 1 saturated heterocycles. The number of carboxylic acids is 1. The van der Waals surface area contributed by atoms with Crippen LogP contribution < -0.4 is 16.0 Å². The third-order valence-corrected chi connectivity index (χ3v) is 4.43. The molecular weight excluding hydrogens is 258 g/mol. The maximum absolute atomic E-state index is 12.1. The van der Waals surface area contributed by atoms with E-state index < -0.39 is 11.5 Å². The second-order valence-corrected chi connectivity index (χ2v) is 6.21. The summed E-state index contributed by atoms with van der Waals surface area (Å²) in [6, 6.07) is -0.198. The van der Waals surface area contributed by atoms with Gasteiger partial charge in [-0.1, -0.05) is 19.8 Å². The van der Waals surface area contributed by atoms with Crippen LogP contribution in [0.2, 0.25) is 0 Å². The molecule has 0 radical (unpaired) electrons. The second-order valence-electron chi connectivity index (χ2n) is 6.21. The van der Waals surface area contributed by atoms with Crippen LogP contribution in [0, 0.1) is 5.92 Å². The predicted molar refractivity (Wildman–Crippen MR) is 75.6 cm³/mol. The van der Waals surface area contributed by atoms with Crippen molar-refractivity contribution in [2.45, 2.75) is 57.0 Å². The minimum Gasteiger partial charge on any atom is -0.480 e.